The van der Waals surface area contributed by atoms with Crippen LogP contribution in [0.1, 0.15) is 15.2 Å². The van der Waals surface area contributed by atoms with Crippen LogP contribution in [0.3, 0.4) is 0 Å². The number of esters is 3. The summed E-state index contributed by atoms with van der Waals surface area (Å²) < 4.78 is 14.7. The van der Waals surface area contributed by atoms with Gasteiger partial charge in [0.1, 0.15) is 4.88 Å². The first-order chi connectivity index (χ1) is 15.4. The van der Waals surface area contributed by atoms with Gasteiger partial charge in [-0.2, -0.15) is 0 Å². The molecule has 1 unspecified atom stereocenters. The number of methoxy groups -OCH3 is 1. The highest BCUT2D eigenvalue weighted by Crippen LogP contribution is 2.28. The lowest BCUT2D eigenvalue weighted by Gasteiger charge is -2.08. The number of phenols is 1. The number of aromatic hydroxyl groups is 1. The molecule has 1 N–H and O–H groups in total. The monoisotopic (exact) mass is 517 g/mol. The third kappa shape index (κ3) is 6.02. The van der Waals surface area contributed by atoms with Crippen LogP contribution in [-0.2, 0) is 19.1 Å². The molecule has 10 heteroatoms. The number of carbonyl (C=O) groups is 3. The standard InChI is InChI=1S/C22H16BrNO7S/c1-29-16-12-13(5-7-15(16)25)6-10-19(26)30-20(23)22(28)31-21(27)18-9-8-17(32-18)14-4-2-3-11-24-14/h2-12,20,25H,1H3. The van der Waals surface area contributed by atoms with E-state index < -0.39 is 22.9 Å². The number of alkyl halides is 1. The molecule has 0 amide bonds. The Morgan fingerprint density at radius 2 is 1.97 bits per heavy atom. The third-order valence-corrected chi connectivity index (χ3v) is 5.59. The van der Waals surface area contributed by atoms with E-state index in [4.69, 9.17) is 14.2 Å². The number of thiophene rings is 1. The van der Waals surface area contributed by atoms with Gasteiger partial charge in [-0.3, -0.25) is 4.98 Å². The number of ether oxygens (including phenoxy) is 3. The Morgan fingerprint density at radius 3 is 2.69 bits per heavy atom. The molecule has 8 nitrogen and oxygen atoms in total. The van der Waals surface area contributed by atoms with E-state index in [1.807, 2.05) is 6.07 Å². The molecule has 0 saturated heterocycles. The normalized spacial score (nSPS) is 11.7. The van der Waals surface area contributed by atoms with Gasteiger partial charge in [-0.1, -0.05) is 12.1 Å². The first kappa shape index (κ1) is 23.2. The molecule has 164 valence electrons. The van der Waals surface area contributed by atoms with Crippen LogP contribution in [-0.4, -0.2) is 40.1 Å². The molecule has 1 aromatic carbocycles. The highest BCUT2D eigenvalue weighted by Gasteiger charge is 2.25. The van der Waals surface area contributed by atoms with E-state index in [0.29, 0.717) is 11.3 Å². The molecule has 2 aromatic heterocycles. The average molecular weight is 518 g/mol. The maximum absolute atomic E-state index is 12.2. The minimum absolute atomic E-state index is 0.0435. The van der Waals surface area contributed by atoms with E-state index in [1.54, 1.807) is 30.5 Å². The summed E-state index contributed by atoms with van der Waals surface area (Å²) in [7, 11) is 1.40. The van der Waals surface area contributed by atoms with E-state index in [-0.39, 0.29) is 16.4 Å². The molecular formula is C22H16BrNO7S. The predicted molar refractivity (Wildman–Crippen MR) is 120 cm³/mol. The molecule has 2 heterocycles. The summed E-state index contributed by atoms with van der Waals surface area (Å²) in [4.78, 5) is 41.4. The zero-order valence-electron chi connectivity index (χ0n) is 16.6. The van der Waals surface area contributed by atoms with Crippen LogP contribution in [0.15, 0.2) is 60.8 Å². The quantitative estimate of drug-likeness (QED) is 0.215. The first-order valence-corrected chi connectivity index (χ1v) is 10.8. The van der Waals surface area contributed by atoms with Gasteiger partial charge in [-0.25, -0.2) is 14.4 Å². The van der Waals surface area contributed by atoms with E-state index in [1.165, 1.54) is 31.4 Å². The molecule has 1 atom stereocenters. The van der Waals surface area contributed by atoms with Crippen molar-refractivity contribution in [3.8, 4) is 22.1 Å². The van der Waals surface area contributed by atoms with Gasteiger partial charge < -0.3 is 19.3 Å². The van der Waals surface area contributed by atoms with E-state index in [0.717, 1.165) is 22.3 Å². The Hall–Kier alpha value is -3.50. The number of aromatic nitrogens is 1. The summed E-state index contributed by atoms with van der Waals surface area (Å²) in [5, 5.41) is 8.10. The van der Waals surface area contributed by atoms with Crippen LogP contribution >= 0.6 is 27.3 Å². The Labute approximate surface area is 195 Å². The molecule has 0 aliphatic carbocycles. The van der Waals surface area contributed by atoms with Crippen LogP contribution in [0.2, 0.25) is 0 Å². The van der Waals surface area contributed by atoms with Gasteiger partial charge in [0.25, 0.3) is 5.01 Å². The third-order valence-electron chi connectivity index (χ3n) is 3.94. The molecule has 0 radical (unpaired) electrons. The van der Waals surface area contributed by atoms with Crippen molar-refractivity contribution in [3.63, 3.8) is 0 Å². The number of phenolic OH excluding ortho intramolecular Hbond substituents is 1. The Balaban J connectivity index is 1.54. The van der Waals surface area contributed by atoms with E-state index >= 15 is 0 Å². The van der Waals surface area contributed by atoms with Gasteiger partial charge in [0, 0.05) is 12.3 Å². The van der Waals surface area contributed by atoms with Gasteiger partial charge in [0.05, 0.1) is 17.7 Å². The van der Waals surface area contributed by atoms with Crippen LogP contribution in [0.25, 0.3) is 16.6 Å². The number of carbonyl (C=O) groups excluding carboxylic acids is 3. The Kier molecular flexibility index (Phi) is 7.74. The zero-order chi connectivity index (χ0) is 23.1. The fourth-order valence-corrected chi connectivity index (χ4v) is 3.57. The van der Waals surface area contributed by atoms with Crippen LogP contribution in [0, 0.1) is 0 Å². The predicted octanol–water partition coefficient (Wildman–Crippen LogP) is 4.19. The van der Waals surface area contributed by atoms with E-state index in [9.17, 15) is 19.5 Å². The SMILES string of the molecule is COc1cc(C=CC(=O)OC(Br)C(=O)OC(=O)c2ccc(-c3ccccn3)s2)ccc1O. The van der Waals surface area contributed by atoms with Gasteiger partial charge in [0.15, 0.2) is 11.5 Å². The summed E-state index contributed by atoms with van der Waals surface area (Å²) in [5.41, 5.74) is 1.25. The van der Waals surface area contributed by atoms with Crippen LogP contribution in [0.4, 0.5) is 0 Å². The minimum atomic E-state index is -1.48. The fourth-order valence-electron chi connectivity index (χ4n) is 2.43. The highest BCUT2D eigenvalue weighted by atomic mass is 79.9. The number of halogens is 1. The van der Waals surface area contributed by atoms with Crippen molar-refractivity contribution >= 4 is 51.3 Å². The number of hydrogen-bond acceptors (Lipinski definition) is 9. The fraction of sp³-hybridized carbons (Fsp3) is 0.0909. The molecule has 0 bridgehead atoms. The second-order valence-corrected chi connectivity index (χ2v) is 8.02. The second-order valence-electron chi connectivity index (χ2n) is 6.10. The summed E-state index contributed by atoms with van der Waals surface area (Å²) in [5.74, 6) is -2.60. The van der Waals surface area contributed by atoms with Crippen molar-refractivity contribution in [3.05, 3.63) is 71.2 Å². The summed E-state index contributed by atoms with van der Waals surface area (Å²) in [6, 6.07) is 13.1. The lowest BCUT2D eigenvalue weighted by Crippen LogP contribution is -2.25. The average Bonchev–Trinajstić information content (AvgIpc) is 3.29. The van der Waals surface area contributed by atoms with Crippen molar-refractivity contribution in [2.45, 2.75) is 5.01 Å². The lowest BCUT2D eigenvalue weighted by atomic mass is 10.2. The van der Waals surface area contributed by atoms with Gasteiger partial charge in [-0.05, 0) is 64.0 Å². The molecule has 0 spiro atoms. The molecule has 32 heavy (non-hydrogen) atoms. The molecule has 0 saturated carbocycles. The van der Waals surface area contributed by atoms with Crippen molar-refractivity contribution in [2.24, 2.45) is 0 Å². The largest absolute Gasteiger partial charge is 0.504 e. The van der Waals surface area contributed by atoms with E-state index in [2.05, 4.69) is 20.9 Å². The topological polar surface area (TPSA) is 112 Å². The number of pyridine rings is 1. The molecule has 3 aromatic rings. The van der Waals surface area contributed by atoms with Crippen molar-refractivity contribution in [1.29, 1.82) is 0 Å². The summed E-state index contributed by atoms with van der Waals surface area (Å²) >= 11 is 4.00. The number of nitrogens with zero attached hydrogens (tertiary/aromatic N) is 1. The first-order valence-electron chi connectivity index (χ1n) is 9.04. The summed E-state index contributed by atoms with van der Waals surface area (Å²) in [6.45, 7) is 0. The molecular weight excluding hydrogens is 502 g/mol. The Bertz CT molecular complexity index is 1160. The van der Waals surface area contributed by atoms with Crippen molar-refractivity contribution in [1.82, 2.24) is 4.98 Å². The maximum Gasteiger partial charge on any atom is 0.366 e. The van der Waals surface area contributed by atoms with Gasteiger partial charge >= 0.3 is 17.9 Å². The molecule has 0 fully saturated rings. The van der Waals surface area contributed by atoms with Crippen LogP contribution < -0.4 is 4.74 Å². The lowest BCUT2D eigenvalue weighted by molar-refractivity contribution is -0.154. The highest BCUT2D eigenvalue weighted by molar-refractivity contribution is 9.09. The number of rotatable bonds is 7. The van der Waals surface area contributed by atoms with Gasteiger partial charge in [-0.15, -0.1) is 11.3 Å². The number of hydrogen-bond donors (Lipinski definition) is 1. The van der Waals surface area contributed by atoms with Gasteiger partial charge in [0.2, 0.25) is 0 Å². The smallest absolute Gasteiger partial charge is 0.366 e. The van der Waals surface area contributed by atoms with Crippen molar-refractivity contribution < 1.29 is 33.7 Å². The number of benzene rings is 1. The minimum Gasteiger partial charge on any atom is -0.504 e. The summed E-state index contributed by atoms with van der Waals surface area (Å²) in [6.07, 6.45) is 4.12. The van der Waals surface area contributed by atoms with Crippen LogP contribution in [0.5, 0.6) is 11.5 Å². The van der Waals surface area contributed by atoms with Crippen molar-refractivity contribution in [2.75, 3.05) is 7.11 Å². The second kappa shape index (κ2) is 10.7. The Morgan fingerprint density at radius 1 is 1.16 bits per heavy atom. The molecule has 3 rings (SSSR count). The molecule has 0 aliphatic rings. The zero-order valence-corrected chi connectivity index (χ0v) is 19.0. The maximum atomic E-state index is 12.2. The molecule has 0 aliphatic heterocycles.